The molecule has 1 aliphatic heterocycles. The van der Waals surface area contributed by atoms with E-state index in [1.165, 1.54) is 0 Å². The Morgan fingerprint density at radius 3 is 2.48 bits per heavy atom. The molecule has 0 spiro atoms. The third kappa shape index (κ3) is 5.03. The Labute approximate surface area is 137 Å². The van der Waals surface area contributed by atoms with Crippen molar-refractivity contribution >= 4 is 17.6 Å². The van der Waals surface area contributed by atoms with Crippen LogP contribution in [0.25, 0.3) is 0 Å². The predicted octanol–water partition coefficient (Wildman–Crippen LogP) is 2.70. The van der Waals surface area contributed by atoms with Gasteiger partial charge in [0, 0.05) is 24.3 Å². The summed E-state index contributed by atoms with van der Waals surface area (Å²) in [5, 5.41) is 5.34. The molecule has 1 aliphatic rings. The topological polar surface area (TPSA) is 61.4 Å². The summed E-state index contributed by atoms with van der Waals surface area (Å²) in [6, 6.07) is 6.68. The number of nitrogens with one attached hydrogen (secondary N) is 2. The smallest absolute Gasteiger partial charge is 0.319 e. The monoisotopic (exact) mass is 313 g/mol. The van der Waals surface area contributed by atoms with Crippen LogP contribution in [0.2, 0.25) is 0 Å². The van der Waals surface area contributed by atoms with Gasteiger partial charge in [-0.15, -0.1) is 5.92 Å². The molecule has 122 valence electrons. The quantitative estimate of drug-likeness (QED) is 0.843. The average Bonchev–Trinajstić information content (AvgIpc) is 2.56. The zero-order valence-electron chi connectivity index (χ0n) is 13.7. The molecular formula is C18H23N3O2. The van der Waals surface area contributed by atoms with Gasteiger partial charge in [-0.05, 0) is 49.9 Å². The van der Waals surface area contributed by atoms with Crippen molar-refractivity contribution < 1.29 is 9.59 Å². The number of likely N-dealkylation sites (tertiary alicyclic amines) is 1. The summed E-state index contributed by atoms with van der Waals surface area (Å²) < 4.78 is 0. The molecule has 2 rings (SSSR count). The molecule has 0 unspecified atom stereocenters. The van der Waals surface area contributed by atoms with E-state index in [2.05, 4.69) is 29.4 Å². The van der Waals surface area contributed by atoms with Gasteiger partial charge in [0.05, 0.1) is 6.54 Å². The van der Waals surface area contributed by atoms with Crippen LogP contribution in [0.15, 0.2) is 24.3 Å². The van der Waals surface area contributed by atoms with Crippen molar-refractivity contribution in [1.29, 1.82) is 0 Å². The summed E-state index contributed by atoms with van der Waals surface area (Å²) in [6.45, 7) is 5.89. The first-order valence-corrected chi connectivity index (χ1v) is 7.94. The van der Waals surface area contributed by atoms with Crippen molar-refractivity contribution in [2.75, 3.05) is 25.0 Å². The van der Waals surface area contributed by atoms with E-state index >= 15 is 0 Å². The number of carbonyl (C=O) groups excluding carboxylic acids is 2. The fourth-order valence-corrected chi connectivity index (χ4v) is 2.48. The lowest BCUT2D eigenvalue weighted by molar-refractivity contribution is 0.0697. The van der Waals surface area contributed by atoms with Crippen LogP contribution in [0, 0.1) is 17.8 Å². The Kier molecular flexibility index (Phi) is 6.04. The van der Waals surface area contributed by atoms with Gasteiger partial charge >= 0.3 is 6.03 Å². The van der Waals surface area contributed by atoms with Crippen molar-refractivity contribution in [2.24, 2.45) is 5.92 Å². The number of amides is 3. The molecule has 0 bridgehead atoms. The van der Waals surface area contributed by atoms with E-state index in [1.807, 2.05) is 4.90 Å². The second kappa shape index (κ2) is 8.23. The van der Waals surface area contributed by atoms with Gasteiger partial charge in [-0.3, -0.25) is 4.79 Å². The number of anilines is 1. The number of hydrogen-bond acceptors (Lipinski definition) is 2. The molecule has 1 aromatic rings. The van der Waals surface area contributed by atoms with E-state index in [0.717, 1.165) is 25.9 Å². The lowest BCUT2D eigenvalue weighted by atomic mass is 9.98. The van der Waals surface area contributed by atoms with Crippen LogP contribution in [-0.2, 0) is 0 Å². The predicted molar refractivity (Wildman–Crippen MR) is 91.2 cm³/mol. The van der Waals surface area contributed by atoms with Gasteiger partial charge in [0.25, 0.3) is 5.91 Å². The van der Waals surface area contributed by atoms with Crippen LogP contribution < -0.4 is 10.6 Å². The van der Waals surface area contributed by atoms with Gasteiger partial charge in [0.2, 0.25) is 0 Å². The van der Waals surface area contributed by atoms with Crippen LogP contribution in [0.4, 0.5) is 10.5 Å². The Balaban J connectivity index is 1.89. The van der Waals surface area contributed by atoms with E-state index in [0.29, 0.717) is 23.7 Å². The summed E-state index contributed by atoms with van der Waals surface area (Å²) in [5.41, 5.74) is 1.30. The van der Waals surface area contributed by atoms with Crippen LogP contribution in [0.3, 0.4) is 0 Å². The first-order valence-electron chi connectivity index (χ1n) is 7.94. The summed E-state index contributed by atoms with van der Waals surface area (Å²) in [6.07, 6.45) is 2.12. The van der Waals surface area contributed by atoms with Crippen molar-refractivity contribution in [1.82, 2.24) is 10.2 Å². The lowest BCUT2D eigenvalue weighted by Crippen LogP contribution is -2.37. The van der Waals surface area contributed by atoms with Gasteiger partial charge < -0.3 is 15.5 Å². The minimum absolute atomic E-state index is 0.0612. The molecule has 1 heterocycles. The van der Waals surface area contributed by atoms with Gasteiger partial charge in [-0.25, -0.2) is 4.79 Å². The molecule has 5 heteroatoms. The van der Waals surface area contributed by atoms with Gasteiger partial charge in [0.15, 0.2) is 0 Å². The SMILES string of the molecule is CC#CCNC(=O)Nc1ccc(C(=O)N2CCC(C)CC2)cc1. The van der Waals surface area contributed by atoms with Crippen molar-refractivity contribution in [2.45, 2.75) is 26.7 Å². The maximum atomic E-state index is 12.4. The fourth-order valence-electron chi connectivity index (χ4n) is 2.48. The summed E-state index contributed by atoms with van der Waals surface area (Å²) in [7, 11) is 0. The molecule has 0 saturated carbocycles. The van der Waals surface area contributed by atoms with E-state index < -0.39 is 0 Å². The van der Waals surface area contributed by atoms with Crippen molar-refractivity contribution in [3.05, 3.63) is 29.8 Å². The van der Waals surface area contributed by atoms with E-state index in [9.17, 15) is 9.59 Å². The highest BCUT2D eigenvalue weighted by Gasteiger charge is 2.21. The molecule has 1 saturated heterocycles. The minimum atomic E-state index is -0.308. The largest absolute Gasteiger partial charge is 0.339 e. The van der Waals surface area contributed by atoms with Crippen molar-refractivity contribution in [3.63, 3.8) is 0 Å². The number of piperidine rings is 1. The van der Waals surface area contributed by atoms with E-state index in [1.54, 1.807) is 31.2 Å². The Morgan fingerprint density at radius 1 is 1.22 bits per heavy atom. The molecule has 3 amide bonds. The molecule has 1 aromatic carbocycles. The Morgan fingerprint density at radius 2 is 1.87 bits per heavy atom. The van der Waals surface area contributed by atoms with Crippen LogP contribution >= 0.6 is 0 Å². The zero-order chi connectivity index (χ0) is 16.7. The summed E-state index contributed by atoms with van der Waals surface area (Å²) in [4.78, 5) is 25.9. The van der Waals surface area contributed by atoms with Crippen molar-refractivity contribution in [3.8, 4) is 11.8 Å². The molecule has 0 aliphatic carbocycles. The van der Waals surface area contributed by atoms with Gasteiger partial charge in [-0.2, -0.15) is 0 Å². The maximum Gasteiger partial charge on any atom is 0.319 e. The summed E-state index contributed by atoms with van der Waals surface area (Å²) in [5.74, 6) is 6.22. The third-order valence-corrected chi connectivity index (χ3v) is 3.97. The molecule has 0 radical (unpaired) electrons. The van der Waals surface area contributed by atoms with E-state index in [-0.39, 0.29) is 11.9 Å². The first kappa shape index (κ1) is 16.9. The normalized spacial score (nSPS) is 14.6. The number of carbonyl (C=O) groups is 2. The number of urea groups is 1. The molecule has 0 aromatic heterocycles. The zero-order valence-corrected chi connectivity index (χ0v) is 13.7. The standard InChI is InChI=1S/C18H23N3O2/c1-3-4-11-19-18(23)20-16-7-5-15(6-8-16)17(22)21-12-9-14(2)10-13-21/h5-8,14H,9-13H2,1-2H3,(H2,19,20,23). The molecule has 2 N–H and O–H groups in total. The average molecular weight is 313 g/mol. The first-order chi connectivity index (χ1) is 11.1. The number of nitrogens with zero attached hydrogens (tertiary/aromatic N) is 1. The minimum Gasteiger partial charge on any atom is -0.339 e. The molecule has 1 fully saturated rings. The number of rotatable bonds is 3. The molecular weight excluding hydrogens is 290 g/mol. The Hall–Kier alpha value is -2.48. The molecule has 0 atom stereocenters. The van der Waals surface area contributed by atoms with E-state index in [4.69, 9.17) is 0 Å². The van der Waals surface area contributed by atoms with Crippen LogP contribution in [-0.4, -0.2) is 36.5 Å². The Bertz CT molecular complexity index is 605. The second-order valence-electron chi connectivity index (χ2n) is 5.79. The molecule has 5 nitrogen and oxygen atoms in total. The highest BCUT2D eigenvalue weighted by Crippen LogP contribution is 2.19. The second-order valence-corrected chi connectivity index (χ2v) is 5.79. The van der Waals surface area contributed by atoms with Crippen LogP contribution in [0.5, 0.6) is 0 Å². The molecule has 23 heavy (non-hydrogen) atoms. The maximum absolute atomic E-state index is 12.4. The van der Waals surface area contributed by atoms with Crippen LogP contribution in [0.1, 0.15) is 37.0 Å². The highest BCUT2D eigenvalue weighted by atomic mass is 16.2. The third-order valence-electron chi connectivity index (χ3n) is 3.97. The van der Waals surface area contributed by atoms with Gasteiger partial charge in [0.1, 0.15) is 0 Å². The highest BCUT2D eigenvalue weighted by molar-refractivity contribution is 5.95. The van der Waals surface area contributed by atoms with Gasteiger partial charge in [-0.1, -0.05) is 12.8 Å². The fraction of sp³-hybridized carbons (Fsp3) is 0.444. The summed E-state index contributed by atoms with van der Waals surface area (Å²) >= 11 is 0. The lowest BCUT2D eigenvalue weighted by Gasteiger charge is -2.30. The number of benzene rings is 1. The number of hydrogen-bond donors (Lipinski definition) is 2.